The zero-order valence-corrected chi connectivity index (χ0v) is 21.5. The molecular weight excluding hydrogens is 471 g/mol. The van der Waals surface area contributed by atoms with E-state index < -0.39 is 6.10 Å². The Balaban J connectivity index is 1.29. The fourth-order valence-corrected chi connectivity index (χ4v) is 5.77. The summed E-state index contributed by atoms with van der Waals surface area (Å²) in [7, 11) is 1.65. The van der Waals surface area contributed by atoms with Gasteiger partial charge in [0.05, 0.1) is 30.8 Å². The maximum absolute atomic E-state index is 13.6. The summed E-state index contributed by atoms with van der Waals surface area (Å²) in [6.45, 7) is 5.02. The Labute approximate surface area is 217 Å². The number of carbonyl (C=O) groups excluding carboxylic acids is 1. The smallest absolute Gasteiger partial charge is 0.272 e. The van der Waals surface area contributed by atoms with Gasteiger partial charge in [0, 0.05) is 39.3 Å². The summed E-state index contributed by atoms with van der Waals surface area (Å²) >= 11 is 0. The Kier molecular flexibility index (Phi) is 7.69. The lowest BCUT2D eigenvalue weighted by Crippen LogP contribution is -2.54. The Hall–Kier alpha value is -3.07. The number of carbonyl (C=O) groups is 1. The first-order chi connectivity index (χ1) is 18.0. The summed E-state index contributed by atoms with van der Waals surface area (Å²) in [6, 6.07) is 14.8. The monoisotopic (exact) mass is 506 g/mol. The number of piperidine rings is 2. The first-order valence-corrected chi connectivity index (χ1v) is 13.1. The molecule has 0 radical (unpaired) electrons. The molecule has 8 heteroatoms. The lowest BCUT2D eigenvalue weighted by Gasteiger charge is -2.43. The van der Waals surface area contributed by atoms with Gasteiger partial charge in [-0.2, -0.15) is 0 Å². The summed E-state index contributed by atoms with van der Waals surface area (Å²) < 4.78 is 20.9. The molecule has 2 aliphatic rings. The van der Waals surface area contributed by atoms with E-state index in [1.54, 1.807) is 31.8 Å². The van der Waals surface area contributed by atoms with Crippen LogP contribution in [0.2, 0.25) is 0 Å². The molecule has 2 saturated heterocycles. The van der Waals surface area contributed by atoms with Crippen molar-refractivity contribution in [1.82, 2.24) is 19.4 Å². The fraction of sp³-hybridized carbons (Fsp3) is 0.448. The summed E-state index contributed by atoms with van der Waals surface area (Å²) in [4.78, 5) is 22.3. The number of amides is 1. The van der Waals surface area contributed by atoms with Gasteiger partial charge in [0.1, 0.15) is 11.5 Å². The van der Waals surface area contributed by atoms with Crippen molar-refractivity contribution in [1.29, 1.82) is 0 Å². The third-order valence-corrected chi connectivity index (χ3v) is 8.00. The highest BCUT2D eigenvalue weighted by atomic mass is 19.1. The van der Waals surface area contributed by atoms with Gasteiger partial charge in [-0.1, -0.05) is 36.4 Å². The van der Waals surface area contributed by atoms with Crippen molar-refractivity contribution < 1.29 is 19.0 Å². The van der Waals surface area contributed by atoms with Crippen LogP contribution in [0.4, 0.5) is 4.39 Å². The van der Waals surface area contributed by atoms with Crippen LogP contribution in [0.5, 0.6) is 0 Å². The van der Waals surface area contributed by atoms with Gasteiger partial charge in [-0.15, -0.1) is 0 Å². The minimum Gasteiger partial charge on any atom is -0.390 e. The highest BCUT2D eigenvalue weighted by Crippen LogP contribution is 2.31. The zero-order chi connectivity index (χ0) is 25.9. The highest BCUT2D eigenvalue weighted by Gasteiger charge is 2.34. The van der Waals surface area contributed by atoms with Gasteiger partial charge in [-0.05, 0) is 55.0 Å². The summed E-state index contributed by atoms with van der Waals surface area (Å²) in [5.74, 6) is -0.275. The normalized spacial score (nSPS) is 22.2. The lowest BCUT2D eigenvalue weighted by atomic mass is 9.95. The molecule has 3 heterocycles. The van der Waals surface area contributed by atoms with Crippen LogP contribution < -0.4 is 0 Å². The molecule has 2 aromatic carbocycles. The second-order valence-electron chi connectivity index (χ2n) is 10.1. The van der Waals surface area contributed by atoms with Crippen molar-refractivity contribution in [2.45, 2.75) is 50.5 Å². The van der Waals surface area contributed by atoms with Gasteiger partial charge in [-0.3, -0.25) is 9.69 Å². The molecule has 3 atom stereocenters. The number of hydrogen-bond acceptors (Lipinski definition) is 5. The van der Waals surface area contributed by atoms with E-state index in [0.717, 1.165) is 42.6 Å². The van der Waals surface area contributed by atoms with Crippen molar-refractivity contribution >= 4 is 5.91 Å². The number of benzene rings is 2. The van der Waals surface area contributed by atoms with E-state index in [1.807, 2.05) is 33.7 Å². The third-order valence-electron chi connectivity index (χ3n) is 8.00. The molecule has 1 amide bonds. The van der Waals surface area contributed by atoms with E-state index in [9.17, 15) is 14.3 Å². The third kappa shape index (κ3) is 5.32. The van der Waals surface area contributed by atoms with E-state index in [0.29, 0.717) is 31.2 Å². The number of halogens is 1. The van der Waals surface area contributed by atoms with Gasteiger partial charge < -0.3 is 19.3 Å². The van der Waals surface area contributed by atoms with Crippen molar-refractivity contribution in [2.75, 3.05) is 33.3 Å². The maximum atomic E-state index is 13.6. The molecule has 196 valence electrons. The highest BCUT2D eigenvalue weighted by molar-refractivity contribution is 5.92. The standard InChI is InChI=1S/C29H35FN4O3/c1-20(24-5-3-4-6-25(24)21-7-9-22(30)10-8-21)34-19-31-17-26(34)29(36)32-14-11-23(12-15-32)33-16-13-27(35)28(18-33)37-2/h3-10,17,19-20,23,27-28,35H,11-16,18H2,1-2H3/t20-,27+,28-/m0/s1. The Morgan fingerprint density at radius 1 is 1.08 bits per heavy atom. The number of ether oxygens (including phenoxy) is 1. The number of aromatic nitrogens is 2. The van der Waals surface area contributed by atoms with Crippen LogP contribution >= 0.6 is 0 Å². The van der Waals surface area contributed by atoms with E-state index in [1.165, 1.54) is 12.1 Å². The predicted molar refractivity (Wildman–Crippen MR) is 140 cm³/mol. The number of likely N-dealkylation sites (tertiary alicyclic amines) is 2. The van der Waals surface area contributed by atoms with Gasteiger partial charge in [0.15, 0.2) is 0 Å². The molecule has 3 aromatic rings. The Morgan fingerprint density at radius 2 is 1.81 bits per heavy atom. The second-order valence-corrected chi connectivity index (χ2v) is 10.1. The number of hydrogen-bond donors (Lipinski definition) is 1. The van der Waals surface area contributed by atoms with Crippen LogP contribution in [-0.4, -0.2) is 81.9 Å². The molecule has 2 aliphatic heterocycles. The topological polar surface area (TPSA) is 70.8 Å². The van der Waals surface area contributed by atoms with E-state index in [-0.39, 0.29) is 23.9 Å². The minimum absolute atomic E-state index is 0.00843. The lowest BCUT2D eigenvalue weighted by molar-refractivity contribution is -0.0740. The Morgan fingerprint density at radius 3 is 2.54 bits per heavy atom. The molecule has 1 aromatic heterocycles. The first-order valence-electron chi connectivity index (χ1n) is 13.1. The fourth-order valence-electron chi connectivity index (χ4n) is 5.77. The van der Waals surface area contributed by atoms with E-state index in [4.69, 9.17) is 4.74 Å². The molecule has 7 nitrogen and oxygen atoms in total. The van der Waals surface area contributed by atoms with Crippen molar-refractivity contribution in [3.05, 3.63) is 78.1 Å². The average Bonchev–Trinajstić information content (AvgIpc) is 3.43. The van der Waals surface area contributed by atoms with E-state index >= 15 is 0 Å². The molecule has 0 spiro atoms. The number of aliphatic hydroxyl groups is 1. The quantitative estimate of drug-likeness (QED) is 0.548. The maximum Gasteiger partial charge on any atom is 0.272 e. The molecule has 0 unspecified atom stereocenters. The van der Waals surface area contributed by atoms with E-state index in [2.05, 4.69) is 16.8 Å². The number of rotatable bonds is 6. The van der Waals surface area contributed by atoms with Crippen LogP contribution in [0.3, 0.4) is 0 Å². The zero-order valence-electron chi connectivity index (χ0n) is 21.5. The van der Waals surface area contributed by atoms with Crippen LogP contribution in [0.1, 0.15) is 48.3 Å². The van der Waals surface area contributed by atoms with Crippen molar-refractivity contribution in [2.24, 2.45) is 0 Å². The van der Waals surface area contributed by atoms with Gasteiger partial charge >= 0.3 is 0 Å². The largest absolute Gasteiger partial charge is 0.390 e. The van der Waals surface area contributed by atoms with Crippen molar-refractivity contribution in [3.63, 3.8) is 0 Å². The number of nitrogens with zero attached hydrogens (tertiary/aromatic N) is 4. The molecule has 1 N–H and O–H groups in total. The molecule has 0 aliphatic carbocycles. The molecule has 0 saturated carbocycles. The van der Waals surface area contributed by atoms with Gasteiger partial charge in [0.2, 0.25) is 0 Å². The second kappa shape index (κ2) is 11.1. The Bertz CT molecular complexity index is 1210. The van der Waals surface area contributed by atoms with Gasteiger partial charge in [-0.25, -0.2) is 9.37 Å². The molecule has 0 bridgehead atoms. The number of methoxy groups -OCH3 is 1. The number of aliphatic hydroxyl groups excluding tert-OH is 1. The summed E-state index contributed by atoms with van der Waals surface area (Å²) in [5, 5.41) is 10.1. The minimum atomic E-state index is -0.404. The molecule has 2 fully saturated rings. The van der Waals surface area contributed by atoms with Crippen molar-refractivity contribution in [3.8, 4) is 11.1 Å². The average molecular weight is 507 g/mol. The molecule has 5 rings (SSSR count). The predicted octanol–water partition coefficient (Wildman–Crippen LogP) is 3.98. The van der Waals surface area contributed by atoms with Crippen LogP contribution in [0.25, 0.3) is 11.1 Å². The van der Waals surface area contributed by atoms with Crippen LogP contribution in [-0.2, 0) is 4.74 Å². The summed E-state index contributed by atoms with van der Waals surface area (Å²) in [6.07, 6.45) is 5.33. The number of imidazole rings is 1. The SMILES string of the molecule is CO[C@H]1CN(C2CCN(C(=O)c3cncn3[C@@H](C)c3ccccc3-c3ccc(F)cc3)CC2)CC[C@H]1O. The molecular formula is C29H35FN4O3. The summed E-state index contributed by atoms with van der Waals surface area (Å²) in [5.41, 5.74) is 3.55. The van der Waals surface area contributed by atoms with Crippen LogP contribution in [0.15, 0.2) is 61.1 Å². The molecule has 37 heavy (non-hydrogen) atoms. The first kappa shape index (κ1) is 25.6. The van der Waals surface area contributed by atoms with Gasteiger partial charge in [0.25, 0.3) is 5.91 Å². The van der Waals surface area contributed by atoms with Crippen LogP contribution in [0, 0.1) is 5.82 Å².